The van der Waals surface area contributed by atoms with Crippen LogP contribution in [0.3, 0.4) is 0 Å². The number of hydrogen-bond donors (Lipinski definition) is 1. The molecule has 0 spiro atoms. The molecule has 1 N–H and O–H groups in total. The first kappa shape index (κ1) is 14.1. The van der Waals surface area contributed by atoms with Gasteiger partial charge in [0.1, 0.15) is 0 Å². The number of sulfone groups is 1. The van der Waals surface area contributed by atoms with Gasteiger partial charge in [-0.2, -0.15) is 0 Å². The van der Waals surface area contributed by atoms with Crippen LogP contribution in [0.5, 0.6) is 0 Å². The Hall–Kier alpha value is -0.870. The molecule has 2 saturated carbocycles. The van der Waals surface area contributed by atoms with Crippen LogP contribution in [0, 0.1) is 17.8 Å². The van der Waals surface area contributed by atoms with Gasteiger partial charge in [-0.1, -0.05) is 18.6 Å². The first-order valence-electron chi connectivity index (χ1n) is 7.52. The second-order valence-corrected chi connectivity index (χ2v) is 8.50. The average molecular weight is 293 g/mol. The number of fused-ring (bicyclic) bond motifs is 2. The Kier molecular flexibility index (Phi) is 3.87. The highest BCUT2D eigenvalue weighted by molar-refractivity contribution is 7.90. The summed E-state index contributed by atoms with van der Waals surface area (Å²) < 4.78 is 22.8. The largest absolute Gasteiger partial charge is 0.312 e. The topological polar surface area (TPSA) is 46.2 Å². The molecule has 0 amide bonds. The minimum atomic E-state index is -3.08. The van der Waals surface area contributed by atoms with Crippen molar-refractivity contribution in [2.45, 2.75) is 37.1 Å². The Morgan fingerprint density at radius 2 is 1.90 bits per heavy atom. The van der Waals surface area contributed by atoms with Crippen molar-refractivity contribution in [2.24, 2.45) is 17.8 Å². The van der Waals surface area contributed by atoms with Gasteiger partial charge in [-0.15, -0.1) is 0 Å². The molecule has 3 unspecified atom stereocenters. The molecule has 2 aliphatic carbocycles. The first-order chi connectivity index (χ1) is 9.52. The van der Waals surface area contributed by atoms with Crippen molar-refractivity contribution in [1.82, 2.24) is 5.32 Å². The van der Waals surface area contributed by atoms with Crippen molar-refractivity contribution in [3.05, 3.63) is 29.8 Å². The number of benzene rings is 1. The third-order valence-corrected chi connectivity index (χ3v) is 6.10. The Balaban J connectivity index is 1.49. The summed E-state index contributed by atoms with van der Waals surface area (Å²) in [6, 6.07) is 7.21. The zero-order chi connectivity index (χ0) is 14.2. The fourth-order valence-corrected chi connectivity index (χ4v) is 4.51. The van der Waals surface area contributed by atoms with E-state index in [-0.39, 0.29) is 0 Å². The molecule has 3 rings (SSSR count). The van der Waals surface area contributed by atoms with E-state index in [9.17, 15) is 8.42 Å². The zero-order valence-electron chi connectivity index (χ0n) is 12.0. The van der Waals surface area contributed by atoms with Crippen molar-refractivity contribution < 1.29 is 8.42 Å². The molecule has 0 heterocycles. The Morgan fingerprint density at radius 3 is 2.45 bits per heavy atom. The van der Waals surface area contributed by atoms with Crippen LogP contribution in [0.2, 0.25) is 0 Å². The van der Waals surface area contributed by atoms with Gasteiger partial charge in [0.15, 0.2) is 9.84 Å². The lowest BCUT2D eigenvalue weighted by atomic mass is 9.89. The molecule has 110 valence electrons. The van der Waals surface area contributed by atoms with Gasteiger partial charge in [-0.25, -0.2) is 8.42 Å². The van der Waals surface area contributed by atoms with Crippen LogP contribution in [-0.2, 0) is 16.4 Å². The molecule has 2 bridgehead atoms. The Labute approximate surface area is 121 Å². The van der Waals surface area contributed by atoms with E-state index in [1.807, 2.05) is 12.1 Å². The van der Waals surface area contributed by atoms with Crippen LogP contribution in [0.25, 0.3) is 0 Å². The monoisotopic (exact) mass is 293 g/mol. The molecule has 3 nitrogen and oxygen atoms in total. The van der Waals surface area contributed by atoms with Crippen molar-refractivity contribution in [1.29, 1.82) is 0 Å². The van der Waals surface area contributed by atoms with E-state index in [0.717, 1.165) is 36.4 Å². The molecule has 0 saturated heterocycles. The molecular weight excluding hydrogens is 270 g/mol. The molecule has 0 radical (unpaired) electrons. The summed E-state index contributed by atoms with van der Waals surface area (Å²) in [7, 11) is -3.08. The molecule has 4 heteroatoms. The molecule has 0 aromatic heterocycles. The van der Waals surface area contributed by atoms with E-state index in [1.54, 1.807) is 12.1 Å². The van der Waals surface area contributed by atoms with Crippen molar-refractivity contribution in [3.8, 4) is 0 Å². The smallest absolute Gasteiger partial charge is 0.175 e. The van der Waals surface area contributed by atoms with Crippen molar-refractivity contribution in [2.75, 3.05) is 12.8 Å². The predicted molar refractivity (Wildman–Crippen MR) is 80.2 cm³/mol. The summed E-state index contributed by atoms with van der Waals surface area (Å²) in [5.74, 6) is 2.82. The molecule has 1 aromatic carbocycles. The quantitative estimate of drug-likeness (QED) is 0.907. The number of rotatable bonds is 5. The van der Waals surface area contributed by atoms with Gasteiger partial charge in [-0.3, -0.25) is 0 Å². The average Bonchev–Trinajstić information content (AvgIpc) is 3.00. The van der Waals surface area contributed by atoms with Gasteiger partial charge in [0.25, 0.3) is 0 Å². The number of nitrogens with one attached hydrogen (secondary N) is 1. The SMILES string of the molecule is CS(=O)(=O)c1ccc(CNCC2CC3CCC2C3)cc1. The predicted octanol–water partition coefficient (Wildman–Crippen LogP) is 2.62. The second kappa shape index (κ2) is 5.49. The first-order valence-corrected chi connectivity index (χ1v) is 9.41. The van der Waals surface area contributed by atoms with Gasteiger partial charge in [-0.05, 0) is 61.3 Å². The minimum Gasteiger partial charge on any atom is -0.312 e. The summed E-state index contributed by atoms with van der Waals surface area (Å²) in [5.41, 5.74) is 1.15. The molecule has 20 heavy (non-hydrogen) atoms. The van der Waals surface area contributed by atoms with E-state index >= 15 is 0 Å². The van der Waals surface area contributed by atoms with Crippen LogP contribution in [0.4, 0.5) is 0 Å². The zero-order valence-corrected chi connectivity index (χ0v) is 12.8. The van der Waals surface area contributed by atoms with Crippen molar-refractivity contribution >= 4 is 9.84 Å². The third-order valence-electron chi connectivity index (χ3n) is 4.97. The molecule has 2 aliphatic rings. The van der Waals surface area contributed by atoms with E-state index < -0.39 is 9.84 Å². The molecule has 1 aromatic rings. The highest BCUT2D eigenvalue weighted by atomic mass is 32.2. The minimum absolute atomic E-state index is 0.398. The van der Waals surface area contributed by atoms with Gasteiger partial charge < -0.3 is 5.32 Å². The fourth-order valence-electron chi connectivity index (χ4n) is 3.88. The second-order valence-electron chi connectivity index (χ2n) is 6.48. The normalized spacial score (nSPS) is 28.9. The van der Waals surface area contributed by atoms with Crippen LogP contribution in [0.1, 0.15) is 31.2 Å². The summed E-state index contributed by atoms with van der Waals surface area (Å²) in [4.78, 5) is 0.398. The van der Waals surface area contributed by atoms with E-state index in [2.05, 4.69) is 5.32 Å². The number of hydrogen-bond acceptors (Lipinski definition) is 3. The summed E-state index contributed by atoms with van der Waals surface area (Å²) in [6.07, 6.45) is 6.99. The molecular formula is C16H23NO2S. The van der Waals surface area contributed by atoms with Crippen molar-refractivity contribution in [3.63, 3.8) is 0 Å². The lowest BCUT2D eigenvalue weighted by molar-refractivity contribution is 0.318. The van der Waals surface area contributed by atoms with E-state index in [1.165, 1.54) is 31.9 Å². The Morgan fingerprint density at radius 1 is 1.15 bits per heavy atom. The maximum Gasteiger partial charge on any atom is 0.175 e. The van der Waals surface area contributed by atoms with Gasteiger partial charge >= 0.3 is 0 Å². The lowest BCUT2D eigenvalue weighted by Gasteiger charge is -2.21. The van der Waals surface area contributed by atoms with Crippen LogP contribution in [-0.4, -0.2) is 21.2 Å². The maximum absolute atomic E-state index is 11.4. The van der Waals surface area contributed by atoms with Crippen LogP contribution >= 0.6 is 0 Å². The van der Waals surface area contributed by atoms with Gasteiger partial charge in [0, 0.05) is 12.8 Å². The maximum atomic E-state index is 11.4. The molecule has 0 aliphatic heterocycles. The standard InChI is InChI=1S/C16H23NO2S/c1-20(18,19)16-6-3-12(4-7-16)10-17-11-15-9-13-2-5-14(15)8-13/h3-4,6-7,13-15,17H,2,5,8-11H2,1H3. The Bertz CT molecular complexity index is 565. The third kappa shape index (κ3) is 3.07. The highest BCUT2D eigenvalue weighted by Crippen LogP contribution is 2.47. The fraction of sp³-hybridized carbons (Fsp3) is 0.625. The van der Waals surface area contributed by atoms with Gasteiger partial charge in [0.05, 0.1) is 4.90 Å². The van der Waals surface area contributed by atoms with Crippen LogP contribution in [0.15, 0.2) is 29.2 Å². The van der Waals surface area contributed by atoms with E-state index in [0.29, 0.717) is 4.90 Å². The summed E-state index contributed by atoms with van der Waals surface area (Å²) >= 11 is 0. The summed E-state index contributed by atoms with van der Waals surface area (Å²) in [5, 5.41) is 3.54. The molecule has 2 fully saturated rings. The highest BCUT2D eigenvalue weighted by Gasteiger charge is 2.38. The van der Waals surface area contributed by atoms with Gasteiger partial charge in [0.2, 0.25) is 0 Å². The lowest BCUT2D eigenvalue weighted by Crippen LogP contribution is -2.26. The molecule has 3 atom stereocenters. The van der Waals surface area contributed by atoms with Crippen LogP contribution < -0.4 is 5.32 Å². The van der Waals surface area contributed by atoms with E-state index in [4.69, 9.17) is 0 Å². The summed E-state index contributed by atoms with van der Waals surface area (Å²) in [6.45, 7) is 1.94.